The molecule has 0 aliphatic carbocycles. The van der Waals surface area contributed by atoms with Crippen LogP contribution in [0.4, 0.5) is 5.69 Å². The summed E-state index contributed by atoms with van der Waals surface area (Å²) in [6, 6.07) is 21.0. The highest BCUT2D eigenvalue weighted by atomic mass is 16.3. The van der Waals surface area contributed by atoms with Crippen molar-refractivity contribution in [3.05, 3.63) is 66.2 Å². The number of anilines is 1. The molecule has 3 nitrogen and oxygen atoms in total. The van der Waals surface area contributed by atoms with Gasteiger partial charge in [-0.15, -0.1) is 0 Å². The van der Waals surface area contributed by atoms with Crippen molar-refractivity contribution in [3.8, 4) is 0 Å². The smallest absolute Gasteiger partial charge is 0.0992 e. The monoisotopic (exact) mass is 310 g/mol. The molecule has 0 bridgehead atoms. The summed E-state index contributed by atoms with van der Waals surface area (Å²) in [5.41, 5.74) is 1.45. The number of para-hydroxylation sites is 1. The third-order valence-corrected chi connectivity index (χ3v) is 4.75. The highest BCUT2D eigenvalue weighted by Crippen LogP contribution is 2.22. The van der Waals surface area contributed by atoms with Crippen molar-refractivity contribution in [2.45, 2.75) is 31.4 Å². The molecule has 1 aliphatic heterocycles. The van der Waals surface area contributed by atoms with Gasteiger partial charge in [0.25, 0.3) is 0 Å². The van der Waals surface area contributed by atoms with Gasteiger partial charge in [-0.05, 0) is 37.5 Å². The molecule has 0 radical (unpaired) electrons. The lowest BCUT2D eigenvalue weighted by Gasteiger charge is -2.35. The van der Waals surface area contributed by atoms with E-state index in [-0.39, 0.29) is 0 Å². The van der Waals surface area contributed by atoms with Crippen molar-refractivity contribution in [2.75, 3.05) is 24.5 Å². The Morgan fingerprint density at radius 3 is 2.17 bits per heavy atom. The van der Waals surface area contributed by atoms with Crippen LogP contribution in [0.1, 0.15) is 25.3 Å². The van der Waals surface area contributed by atoms with Gasteiger partial charge >= 0.3 is 0 Å². The van der Waals surface area contributed by atoms with E-state index in [1.54, 1.807) is 0 Å². The number of piperidine rings is 1. The van der Waals surface area contributed by atoms with Crippen LogP contribution in [0.25, 0.3) is 0 Å². The number of aliphatic hydroxyl groups is 1. The highest BCUT2D eigenvalue weighted by Gasteiger charge is 2.25. The first-order valence-corrected chi connectivity index (χ1v) is 8.46. The number of nitrogens with one attached hydrogen (secondary N) is 1. The molecule has 23 heavy (non-hydrogen) atoms. The summed E-state index contributed by atoms with van der Waals surface area (Å²) in [7, 11) is 0. The fraction of sp³-hybridized carbons (Fsp3) is 0.400. The van der Waals surface area contributed by atoms with Crippen molar-refractivity contribution < 1.29 is 5.11 Å². The number of hydrogen-bond acceptors (Lipinski definition) is 3. The molecule has 0 amide bonds. The van der Waals surface area contributed by atoms with Crippen molar-refractivity contribution in [2.24, 2.45) is 0 Å². The standard InChI is InChI=1S/C20H26N2O/c1-20(23,17-8-4-2-5-9-17)16-21-18-12-14-22(15-13-18)19-10-6-3-7-11-19/h2-11,18,21,23H,12-16H2,1H3. The van der Waals surface area contributed by atoms with Crippen LogP contribution in [0, 0.1) is 0 Å². The van der Waals surface area contributed by atoms with Gasteiger partial charge in [-0.2, -0.15) is 0 Å². The second-order valence-corrected chi connectivity index (χ2v) is 6.62. The van der Waals surface area contributed by atoms with E-state index < -0.39 is 5.60 Å². The van der Waals surface area contributed by atoms with Crippen molar-refractivity contribution in [1.29, 1.82) is 0 Å². The normalized spacial score (nSPS) is 18.6. The second-order valence-electron chi connectivity index (χ2n) is 6.62. The number of rotatable bonds is 5. The van der Waals surface area contributed by atoms with E-state index in [1.165, 1.54) is 5.69 Å². The minimum absolute atomic E-state index is 0.477. The van der Waals surface area contributed by atoms with Crippen LogP contribution in [0.2, 0.25) is 0 Å². The Balaban J connectivity index is 1.49. The predicted octanol–water partition coefficient (Wildman–Crippen LogP) is 3.15. The molecule has 2 aromatic carbocycles. The summed E-state index contributed by atoms with van der Waals surface area (Å²) in [5, 5.41) is 14.2. The molecule has 2 N–H and O–H groups in total. The van der Waals surface area contributed by atoms with Crippen molar-refractivity contribution in [1.82, 2.24) is 5.32 Å². The Bertz CT molecular complexity index is 590. The molecule has 1 atom stereocenters. The van der Waals surface area contributed by atoms with Crippen LogP contribution in [-0.4, -0.2) is 30.8 Å². The molecular formula is C20H26N2O. The summed E-state index contributed by atoms with van der Waals surface area (Å²) >= 11 is 0. The van der Waals surface area contributed by atoms with E-state index in [0.29, 0.717) is 12.6 Å². The average Bonchev–Trinajstić information content (AvgIpc) is 2.62. The topological polar surface area (TPSA) is 35.5 Å². The first-order chi connectivity index (χ1) is 11.1. The molecule has 0 saturated carbocycles. The summed E-state index contributed by atoms with van der Waals surface area (Å²) in [5.74, 6) is 0. The van der Waals surface area contributed by atoms with E-state index >= 15 is 0 Å². The van der Waals surface area contributed by atoms with Gasteiger partial charge in [0.1, 0.15) is 0 Å². The van der Waals surface area contributed by atoms with Crippen LogP contribution >= 0.6 is 0 Å². The number of benzene rings is 2. The third-order valence-electron chi connectivity index (χ3n) is 4.75. The Hall–Kier alpha value is -1.84. The fourth-order valence-corrected chi connectivity index (χ4v) is 3.22. The zero-order valence-corrected chi connectivity index (χ0v) is 13.8. The van der Waals surface area contributed by atoms with Crippen molar-refractivity contribution in [3.63, 3.8) is 0 Å². The van der Waals surface area contributed by atoms with Crippen LogP contribution in [0.5, 0.6) is 0 Å². The van der Waals surface area contributed by atoms with E-state index in [9.17, 15) is 5.11 Å². The second kappa shape index (κ2) is 7.16. The van der Waals surface area contributed by atoms with Gasteiger partial charge in [0.15, 0.2) is 0 Å². The molecule has 1 heterocycles. The van der Waals surface area contributed by atoms with Gasteiger partial charge in [0.2, 0.25) is 0 Å². The van der Waals surface area contributed by atoms with E-state index in [2.05, 4.69) is 40.5 Å². The molecule has 2 aromatic rings. The molecule has 1 unspecified atom stereocenters. The fourth-order valence-electron chi connectivity index (χ4n) is 3.22. The number of hydrogen-bond donors (Lipinski definition) is 2. The van der Waals surface area contributed by atoms with Gasteiger partial charge in [-0.3, -0.25) is 0 Å². The van der Waals surface area contributed by atoms with Crippen LogP contribution in [0.3, 0.4) is 0 Å². The average molecular weight is 310 g/mol. The molecule has 1 saturated heterocycles. The molecule has 0 spiro atoms. The van der Waals surface area contributed by atoms with E-state index in [0.717, 1.165) is 31.5 Å². The Labute approximate surface area is 139 Å². The maximum absolute atomic E-state index is 10.7. The zero-order valence-electron chi connectivity index (χ0n) is 13.8. The van der Waals surface area contributed by atoms with E-state index in [4.69, 9.17) is 0 Å². The maximum Gasteiger partial charge on any atom is 0.0992 e. The van der Waals surface area contributed by atoms with E-state index in [1.807, 2.05) is 37.3 Å². The van der Waals surface area contributed by atoms with Crippen molar-refractivity contribution >= 4 is 5.69 Å². The van der Waals surface area contributed by atoms with Gasteiger partial charge in [0, 0.05) is 31.4 Å². The Morgan fingerprint density at radius 1 is 1.00 bits per heavy atom. The lowest BCUT2D eigenvalue weighted by molar-refractivity contribution is 0.0528. The summed E-state index contributed by atoms with van der Waals surface area (Å²) in [6.45, 7) is 4.60. The predicted molar refractivity (Wildman–Crippen MR) is 95.7 cm³/mol. The van der Waals surface area contributed by atoms with Gasteiger partial charge in [0.05, 0.1) is 5.60 Å². The van der Waals surface area contributed by atoms with Crippen LogP contribution in [0.15, 0.2) is 60.7 Å². The minimum Gasteiger partial charge on any atom is -0.384 e. The molecule has 122 valence electrons. The Kier molecular flexibility index (Phi) is 4.99. The minimum atomic E-state index is -0.822. The molecule has 1 fully saturated rings. The maximum atomic E-state index is 10.7. The SMILES string of the molecule is CC(O)(CNC1CCN(c2ccccc2)CC1)c1ccccc1. The molecule has 3 heteroatoms. The lowest BCUT2D eigenvalue weighted by Crippen LogP contribution is -2.46. The summed E-state index contributed by atoms with van der Waals surface area (Å²) in [4.78, 5) is 2.44. The molecular weight excluding hydrogens is 284 g/mol. The third kappa shape index (κ3) is 4.12. The Morgan fingerprint density at radius 2 is 1.57 bits per heavy atom. The summed E-state index contributed by atoms with van der Waals surface area (Å²) < 4.78 is 0. The summed E-state index contributed by atoms with van der Waals surface area (Å²) in [6.07, 6.45) is 2.22. The van der Waals surface area contributed by atoms with Crippen LogP contribution < -0.4 is 10.2 Å². The van der Waals surface area contributed by atoms with Gasteiger partial charge < -0.3 is 15.3 Å². The van der Waals surface area contributed by atoms with Gasteiger partial charge in [-0.25, -0.2) is 0 Å². The lowest BCUT2D eigenvalue weighted by atomic mass is 9.95. The molecule has 1 aliphatic rings. The largest absolute Gasteiger partial charge is 0.384 e. The number of nitrogens with zero attached hydrogens (tertiary/aromatic N) is 1. The zero-order chi connectivity index (χ0) is 16.1. The molecule has 3 rings (SSSR count). The quantitative estimate of drug-likeness (QED) is 0.890. The first kappa shape index (κ1) is 16.0. The first-order valence-electron chi connectivity index (χ1n) is 8.46. The van der Waals surface area contributed by atoms with Gasteiger partial charge in [-0.1, -0.05) is 48.5 Å². The molecule has 0 aromatic heterocycles. The highest BCUT2D eigenvalue weighted by molar-refractivity contribution is 5.46. The van der Waals surface area contributed by atoms with Crippen LogP contribution in [-0.2, 0) is 5.60 Å².